The molecule has 1 aromatic carbocycles. The second-order valence-electron chi connectivity index (χ2n) is 5.94. The molecule has 2 unspecified atom stereocenters. The number of benzene rings is 1. The smallest absolute Gasteiger partial charge is 0.0573 e. The van der Waals surface area contributed by atoms with Crippen molar-refractivity contribution in [3.8, 4) is 0 Å². The minimum atomic E-state index is 0.00317. The van der Waals surface area contributed by atoms with Gasteiger partial charge in [0, 0.05) is 19.3 Å². The number of aryl methyl sites for hydroxylation is 1. The Morgan fingerprint density at radius 2 is 1.84 bits per heavy atom. The number of para-hydroxylation sites is 1. The third kappa shape index (κ3) is 2.77. The normalized spacial score (nSPS) is 31.2. The predicted molar refractivity (Wildman–Crippen MR) is 80.6 cm³/mol. The van der Waals surface area contributed by atoms with E-state index >= 15 is 0 Å². The Bertz CT molecular complexity index is 423. The lowest BCUT2D eigenvalue weighted by Crippen LogP contribution is -2.58. The number of anilines is 1. The van der Waals surface area contributed by atoms with Gasteiger partial charge in [-0.05, 0) is 45.2 Å². The molecule has 1 saturated heterocycles. The van der Waals surface area contributed by atoms with Crippen LogP contribution in [0.2, 0.25) is 0 Å². The Balaban J connectivity index is 2.33. The summed E-state index contributed by atoms with van der Waals surface area (Å²) < 4.78 is 5.88. The largest absolute Gasteiger partial charge is 0.375 e. The number of hydrogen-bond acceptors (Lipinski definition) is 3. The van der Waals surface area contributed by atoms with Crippen molar-refractivity contribution in [1.29, 1.82) is 0 Å². The van der Waals surface area contributed by atoms with Gasteiger partial charge in [-0.2, -0.15) is 0 Å². The van der Waals surface area contributed by atoms with E-state index in [4.69, 9.17) is 10.5 Å². The number of ether oxygens (including phenoxy) is 1. The molecule has 3 heteroatoms. The van der Waals surface area contributed by atoms with Gasteiger partial charge < -0.3 is 15.4 Å². The van der Waals surface area contributed by atoms with Crippen LogP contribution in [0.3, 0.4) is 0 Å². The molecular weight excluding hydrogens is 236 g/mol. The van der Waals surface area contributed by atoms with E-state index in [0.29, 0.717) is 6.54 Å². The molecule has 0 amide bonds. The minimum Gasteiger partial charge on any atom is -0.375 e. The van der Waals surface area contributed by atoms with Gasteiger partial charge in [0.15, 0.2) is 0 Å². The maximum absolute atomic E-state index is 6.15. The van der Waals surface area contributed by atoms with E-state index < -0.39 is 0 Å². The Labute approximate surface area is 116 Å². The van der Waals surface area contributed by atoms with Crippen LogP contribution < -0.4 is 10.6 Å². The van der Waals surface area contributed by atoms with Crippen LogP contribution in [0.1, 0.15) is 32.3 Å². The zero-order valence-electron chi connectivity index (χ0n) is 12.5. The molecule has 0 spiro atoms. The lowest BCUT2D eigenvalue weighted by Gasteiger charge is -2.49. The van der Waals surface area contributed by atoms with Gasteiger partial charge in [-0.3, -0.25) is 0 Å². The Hall–Kier alpha value is -1.06. The lowest BCUT2D eigenvalue weighted by molar-refractivity contribution is -0.0591. The van der Waals surface area contributed by atoms with E-state index in [9.17, 15) is 0 Å². The summed E-state index contributed by atoms with van der Waals surface area (Å²) in [6.07, 6.45) is 2.50. The molecule has 0 radical (unpaired) electrons. The second kappa shape index (κ2) is 5.51. The quantitative estimate of drug-likeness (QED) is 0.910. The Morgan fingerprint density at radius 1 is 1.26 bits per heavy atom. The van der Waals surface area contributed by atoms with E-state index in [2.05, 4.69) is 57.0 Å². The van der Waals surface area contributed by atoms with Crippen molar-refractivity contribution in [2.45, 2.75) is 51.4 Å². The zero-order chi connectivity index (χ0) is 14.0. The van der Waals surface area contributed by atoms with Crippen LogP contribution in [-0.2, 0) is 4.74 Å². The topological polar surface area (TPSA) is 38.5 Å². The van der Waals surface area contributed by atoms with Crippen molar-refractivity contribution >= 4 is 5.69 Å². The summed E-state index contributed by atoms with van der Waals surface area (Å²) in [5.41, 5.74) is 8.73. The number of nitrogens with two attached hydrogens (primary N) is 1. The molecule has 0 bridgehead atoms. The lowest BCUT2D eigenvalue weighted by atomic mass is 9.82. The summed E-state index contributed by atoms with van der Waals surface area (Å²) in [5, 5.41) is 0. The highest BCUT2D eigenvalue weighted by molar-refractivity contribution is 5.54. The van der Waals surface area contributed by atoms with Crippen molar-refractivity contribution in [3.63, 3.8) is 0 Å². The van der Waals surface area contributed by atoms with Crippen LogP contribution in [0.25, 0.3) is 0 Å². The summed E-state index contributed by atoms with van der Waals surface area (Å²) >= 11 is 0. The molecule has 2 atom stereocenters. The average molecular weight is 262 g/mol. The monoisotopic (exact) mass is 262 g/mol. The summed E-state index contributed by atoms with van der Waals surface area (Å²) in [5.74, 6) is 0. The van der Waals surface area contributed by atoms with Gasteiger partial charge in [0.1, 0.15) is 0 Å². The third-order valence-corrected chi connectivity index (χ3v) is 4.37. The Morgan fingerprint density at radius 3 is 2.37 bits per heavy atom. The highest BCUT2D eigenvalue weighted by Gasteiger charge is 2.41. The predicted octanol–water partition coefficient (Wildman–Crippen LogP) is 2.72. The summed E-state index contributed by atoms with van der Waals surface area (Å²) in [6.45, 7) is 7.11. The van der Waals surface area contributed by atoms with Crippen LogP contribution in [-0.4, -0.2) is 31.3 Å². The summed E-state index contributed by atoms with van der Waals surface area (Å²) in [7, 11) is 2.17. The SMILES string of the molecule is Cc1ccccc1N(C)C1(CN)CC(C)OC(C)C1. The van der Waals surface area contributed by atoms with E-state index in [1.165, 1.54) is 11.3 Å². The van der Waals surface area contributed by atoms with E-state index in [-0.39, 0.29) is 17.7 Å². The van der Waals surface area contributed by atoms with Gasteiger partial charge in [-0.1, -0.05) is 18.2 Å². The molecule has 1 heterocycles. The first-order valence-corrected chi connectivity index (χ1v) is 7.13. The molecule has 2 rings (SSSR count). The Kier molecular flexibility index (Phi) is 4.16. The summed E-state index contributed by atoms with van der Waals surface area (Å²) in [6, 6.07) is 8.51. The number of nitrogens with zero attached hydrogens (tertiary/aromatic N) is 1. The molecule has 0 aliphatic carbocycles. The van der Waals surface area contributed by atoms with Crippen LogP contribution in [0.15, 0.2) is 24.3 Å². The molecule has 3 nitrogen and oxygen atoms in total. The molecule has 1 aliphatic heterocycles. The van der Waals surface area contributed by atoms with Crippen LogP contribution in [0.5, 0.6) is 0 Å². The van der Waals surface area contributed by atoms with Gasteiger partial charge in [0.2, 0.25) is 0 Å². The van der Waals surface area contributed by atoms with E-state index in [1.807, 2.05) is 0 Å². The summed E-state index contributed by atoms with van der Waals surface area (Å²) in [4.78, 5) is 2.37. The van der Waals surface area contributed by atoms with Crippen LogP contribution >= 0.6 is 0 Å². The highest BCUT2D eigenvalue weighted by atomic mass is 16.5. The van der Waals surface area contributed by atoms with Crippen molar-refractivity contribution in [2.24, 2.45) is 5.73 Å². The highest BCUT2D eigenvalue weighted by Crippen LogP contribution is 2.36. The number of rotatable bonds is 3. The molecule has 0 aromatic heterocycles. The van der Waals surface area contributed by atoms with Crippen molar-refractivity contribution in [2.75, 3.05) is 18.5 Å². The number of likely N-dealkylation sites (N-methyl/N-ethyl adjacent to an activating group) is 1. The van der Waals surface area contributed by atoms with Crippen molar-refractivity contribution in [1.82, 2.24) is 0 Å². The minimum absolute atomic E-state index is 0.00317. The molecule has 0 saturated carbocycles. The molecule has 1 aliphatic rings. The maximum Gasteiger partial charge on any atom is 0.0573 e. The molecule has 106 valence electrons. The second-order valence-corrected chi connectivity index (χ2v) is 5.94. The van der Waals surface area contributed by atoms with E-state index in [0.717, 1.165) is 12.8 Å². The van der Waals surface area contributed by atoms with Gasteiger partial charge in [-0.15, -0.1) is 0 Å². The van der Waals surface area contributed by atoms with Crippen molar-refractivity contribution in [3.05, 3.63) is 29.8 Å². The fourth-order valence-corrected chi connectivity index (χ4v) is 3.42. The fraction of sp³-hybridized carbons (Fsp3) is 0.625. The standard InChI is InChI=1S/C16H26N2O/c1-12-7-5-6-8-15(12)18(4)16(11-17)9-13(2)19-14(3)10-16/h5-8,13-14H,9-11,17H2,1-4H3. The first kappa shape index (κ1) is 14.4. The first-order valence-electron chi connectivity index (χ1n) is 7.13. The molecule has 2 N–H and O–H groups in total. The maximum atomic E-state index is 6.15. The van der Waals surface area contributed by atoms with Crippen LogP contribution in [0, 0.1) is 6.92 Å². The number of hydrogen-bond donors (Lipinski definition) is 1. The zero-order valence-corrected chi connectivity index (χ0v) is 12.5. The molecule has 1 fully saturated rings. The van der Waals surface area contributed by atoms with Gasteiger partial charge >= 0.3 is 0 Å². The average Bonchev–Trinajstić information content (AvgIpc) is 2.37. The van der Waals surface area contributed by atoms with Crippen LogP contribution in [0.4, 0.5) is 5.69 Å². The van der Waals surface area contributed by atoms with Gasteiger partial charge in [0.25, 0.3) is 0 Å². The van der Waals surface area contributed by atoms with E-state index in [1.54, 1.807) is 0 Å². The molecule has 1 aromatic rings. The fourth-order valence-electron chi connectivity index (χ4n) is 3.42. The van der Waals surface area contributed by atoms with Gasteiger partial charge in [0.05, 0.1) is 17.7 Å². The van der Waals surface area contributed by atoms with Gasteiger partial charge in [-0.25, -0.2) is 0 Å². The van der Waals surface area contributed by atoms with Crippen molar-refractivity contribution < 1.29 is 4.74 Å². The third-order valence-electron chi connectivity index (χ3n) is 4.37. The first-order chi connectivity index (χ1) is 8.98. The molecular formula is C16H26N2O. The molecule has 19 heavy (non-hydrogen) atoms.